The smallest absolute Gasteiger partial charge is 0.336 e. The zero-order valence-corrected chi connectivity index (χ0v) is 29.9. The van der Waals surface area contributed by atoms with E-state index >= 15 is 8.78 Å². The minimum absolute atomic E-state index is 0.00172. The molecule has 17 heteroatoms. The maximum absolute atomic E-state index is 15.3. The second-order valence-electron chi connectivity index (χ2n) is 13.1. The molecule has 2 aromatic heterocycles. The van der Waals surface area contributed by atoms with Gasteiger partial charge in [-0.2, -0.15) is 0 Å². The molecular formula is C36H38F2N6O8S. The van der Waals surface area contributed by atoms with Crippen LogP contribution in [0.2, 0.25) is 0 Å². The van der Waals surface area contributed by atoms with E-state index in [1.807, 2.05) is 4.72 Å². The van der Waals surface area contributed by atoms with E-state index in [1.54, 1.807) is 13.8 Å². The molecule has 1 saturated carbocycles. The van der Waals surface area contributed by atoms with E-state index in [0.29, 0.717) is 23.4 Å². The van der Waals surface area contributed by atoms with Crippen molar-refractivity contribution >= 4 is 39.2 Å². The number of anilines is 2. The SMILES string of the molecule is CC(C)COC(=O)[C@H](Cc1ccc(-n2c(=O)ccn(C)c2=O)nc1)NC(=O)c1cc(F)c(NS(=O)(=O)c2ccc(NC(=O)C3CCCC3)cc2)cc1F. The third kappa shape index (κ3) is 9.40. The number of rotatable bonds is 13. The molecule has 2 amide bonds. The van der Waals surface area contributed by atoms with E-state index in [2.05, 4.69) is 15.6 Å². The lowest BCUT2D eigenvalue weighted by atomic mass is 10.1. The fourth-order valence-electron chi connectivity index (χ4n) is 5.61. The Labute approximate surface area is 303 Å². The van der Waals surface area contributed by atoms with Gasteiger partial charge in [0.2, 0.25) is 5.91 Å². The summed E-state index contributed by atoms with van der Waals surface area (Å²) in [6.07, 6.45) is 5.89. The van der Waals surface area contributed by atoms with Crippen molar-refractivity contribution in [2.75, 3.05) is 16.6 Å². The Hall–Kier alpha value is -5.71. The highest BCUT2D eigenvalue weighted by molar-refractivity contribution is 7.92. The molecule has 1 atom stereocenters. The molecule has 0 aliphatic heterocycles. The molecule has 0 radical (unpaired) electrons. The van der Waals surface area contributed by atoms with Gasteiger partial charge in [-0.05, 0) is 60.7 Å². The fraction of sp³-hybridized carbons (Fsp3) is 0.333. The van der Waals surface area contributed by atoms with Gasteiger partial charge in [0.05, 0.1) is 22.8 Å². The molecule has 1 aliphatic carbocycles. The Balaban J connectivity index is 1.30. The van der Waals surface area contributed by atoms with Crippen molar-refractivity contribution in [2.24, 2.45) is 18.9 Å². The van der Waals surface area contributed by atoms with Gasteiger partial charge in [-0.25, -0.2) is 36.3 Å². The number of sulfonamides is 1. The second-order valence-corrected chi connectivity index (χ2v) is 14.8. The van der Waals surface area contributed by atoms with Crippen molar-refractivity contribution in [2.45, 2.75) is 56.9 Å². The van der Waals surface area contributed by atoms with Crippen molar-refractivity contribution in [3.8, 4) is 5.82 Å². The van der Waals surface area contributed by atoms with Gasteiger partial charge < -0.3 is 19.9 Å². The molecular weight excluding hydrogens is 714 g/mol. The average molecular weight is 753 g/mol. The van der Waals surface area contributed by atoms with E-state index in [9.17, 15) is 32.4 Å². The standard InChI is InChI=1S/C36H38F2N6O8S/c1-21(2)20-52-35(48)30(16-22-8-13-31(39-19-22)44-32(45)14-15-43(3)36(44)49)41-34(47)26-17-28(38)29(18-27(26)37)42-53(50,51)25-11-9-24(10-12-25)40-33(46)23-6-4-5-7-23/h8-15,17-19,21,23,30,42H,4-7,16,20H2,1-3H3,(H,40,46)(H,41,47)/t30-/m0/s1. The Morgan fingerprint density at radius 1 is 0.981 bits per heavy atom. The minimum Gasteiger partial charge on any atom is -0.464 e. The van der Waals surface area contributed by atoms with Crippen molar-refractivity contribution in [3.63, 3.8) is 0 Å². The van der Waals surface area contributed by atoms with Crippen LogP contribution in [0.25, 0.3) is 5.82 Å². The number of benzene rings is 2. The summed E-state index contributed by atoms with van der Waals surface area (Å²) in [6, 6.07) is 8.78. The van der Waals surface area contributed by atoms with E-state index in [-0.39, 0.29) is 41.5 Å². The van der Waals surface area contributed by atoms with Crippen LogP contribution in [0.15, 0.2) is 81.5 Å². The Kier molecular flexibility index (Phi) is 11.9. The first-order valence-corrected chi connectivity index (χ1v) is 18.3. The molecule has 1 aliphatic rings. The molecule has 4 aromatic rings. The number of nitrogens with zero attached hydrogens (tertiary/aromatic N) is 3. The number of pyridine rings is 1. The van der Waals surface area contributed by atoms with Crippen molar-refractivity contribution in [3.05, 3.63) is 111 Å². The first-order chi connectivity index (χ1) is 25.1. The van der Waals surface area contributed by atoms with Gasteiger partial charge in [0.25, 0.3) is 21.5 Å². The highest BCUT2D eigenvalue weighted by Crippen LogP contribution is 2.27. The van der Waals surface area contributed by atoms with Crippen LogP contribution in [-0.4, -0.2) is 53.0 Å². The largest absolute Gasteiger partial charge is 0.464 e. The summed E-state index contributed by atoms with van der Waals surface area (Å²) in [4.78, 5) is 67.3. The molecule has 280 valence electrons. The van der Waals surface area contributed by atoms with E-state index in [4.69, 9.17) is 4.74 Å². The number of aromatic nitrogens is 3. The van der Waals surface area contributed by atoms with Gasteiger partial charge in [0.15, 0.2) is 0 Å². The van der Waals surface area contributed by atoms with Gasteiger partial charge in [0, 0.05) is 49.6 Å². The predicted molar refractivity (Wildman–Crippen MR) is 190 cm³/mol. The molecule has 0 unspecified atom stereocenters. The van der Waals surface area contributed by atoms with Crippen LogP contribution < -0.4 is 26.6 Å². The van der Waals surface area contributed by atoms with Gasteiger partial charge in [-0.3, -0.25) is 19.1 Å². The quantitative estimate of drug-likeness (QED) is 0.171. The molecule has 0 spiro atoms. The van der Waals surface area contributed by atoms with Gasteiger partial charge in [-0.15, -0.1) is 0 Å². The maximum Gasteiger partial charge on any atom is 0.336 e. The van der Waals surface area contributed by atoms with Gasteiger partial charge in [0.1, 0.15) is 23.5 Å². The van der Waals surface area contributed by atoms with E-state index in [0.717, 1.165) is 30.3 Å². The van der Waals surface area contributed by atoms with Crippen LogP contribution in [-0.2, 0) is 37.8 Å². The van der Waals surface area contributed by atoms with Crippen LogP contribution >= 0.6 is 0 Å². The number of hydrogen-bond donors (Lipinski definition) is 3. The number of aryl methyl sites for hydroxylation is 1. The molecule has 1 fully saturated rings. The van der Waals surface area contributed by atoms with Crippen molar-refractivity contribution in [1.29, 1.82) is 0 Å². The Bertz CT molecular complexity index is 2230. The third-order valence-electron chi connectivity index (χ3n) is 8.48. The zero-order chi connectivity index (χ0) is 38.4. The Morgan fingerprint density at radius 3 is 2.32 bits per heavy atom. The summed E-state index contributed by atoms with van der Waals surface area (Å²) in [5.41, 5.74) is -2.10. The van der Waals surface area contributed by atoms with Crippen LogP contribution in [0.3, 0.4) is 0 Å². The summed E-state index contributed by atoms with van der Waals surface area (Å²) in [7, 11) is -2.96. The van der Waals surface area contributed by atoms with Crippen molar-refractivity contribution < 1.29 is 36.3 Å². The van der Waals surface area contributed by atoms with Gasteiger partial charge in [-0.1, -0.05) is 32.8 Å². The maximum atomic E-state index is 15.3. The minimum atomic E-state index is -4.43. The fourth-order valence-corrected chi connectivity index (χ4v) is 6.67. The monoisotopic (exact) mass is 752 g/mol. The number of ether oxygens (including phenoxy) is 1. The molecule has 2 aromatic carbocycles. The summed E-state index contributed by atoms with van der Waals surface area (Å²) < 4.78 is 65.9. The number of halogens is 2. The molecule has 53 heavy (non-hydrogen) atoms. The highest BCUT2D eigenvalue weighted by atomic mass is 32.2. The van der Waals surface area contributed by atoms with Gasteiger partial charge >= 0.3 is 11.7 Å². The molecule has 3 N–H and O–H groups in total. The van der Waals surface area contributed by atoms with E-state index in [1.165, 1.54) is 66.5 Å². The number of esters is 1. The summed E-state index contributed by atoms with van der Waals surface area (Å²) in [6.45, 7) is 3.58. The molecule has 0 bridgehead atoms. The van der Waals surface area contributed by atoms with Crippen LogP contribution in [0.5, 0.6) is 0 Å². The lowest BCUT2D eigenvalue weighted by Crippen LogP contribution is -2.44. The number of nitrogens with one attached hydrogen (secondary N) is 3. The number of carbonyl (C=O) groups is 3. The van der Waals surface area contributed by atoms with E-state index < -0.39 is 62.1 Å². The molecule has 0 saturated heterocycles. The molecule has 5 rings (SSSR count). The zero-order valence-electron chi connectivity index (χ0n) is 29.1. The van der Waals surface area contributed by atoms with Crippen LogP contribution in [0.1, 0.15) is 55.5 Å². The first-order valence-electron chi connectivity index (χ1n) is 16.8. The Morgan fingerprint density at radius 2 is 1.68 bits per heavy atom. The third-order valence-corrected chi connectivity index (χ3v) is 9.87. The van der Waals surface area contributed by atoms with Crippen molar-refractivity contribution in [1.82, 2.24) is 19.4 Å². The first kappa shape index (κ1) is 38.5. The lowest BCUT2D eigenvalue weighted by molar-refractivity contribution is -0.147. The topological polar surface area (TPSA) is 188 Å². The summed E-state index contributed by atoms with van der Waals surface area (Å²) >= 11 is 0. The van der Waals surface area contributed by atoms with Crippen LogP contribution in [0, 0.1) is 23.5 Å². The molecule has 2 heterocycles. The summed E-state index contributed by atoms with van der Waals surface area (Å²) in [5.74, 6) is -4.94. The number of amides is 2. The second kappa shape index (κ2) is 16.3. The lowest BCUT2D eigenvalue weighted by Gasteiger charge is -2.19. The number of carbonyl (C=O) groups excluding carboxylic acids is 3. The molecule has 14 nitrogen and oxygen atoms in total. The highest BCUT2D eigenvalue weighted by Gasteiger charge is 2.28. The average Bonchev–Trinajstić information content (AvgIpc) is 3.67. The summed E-state index contributed by atoms with van der Waals surface area (Å²) in [5, 5.41) is 5.10. The number of hydrogen-bond acceptors (Lipinski definition) is 9. The van der Waals surface area contributed by atoms with Crippen LogP contribution in [0.4, 0.5) is 20.2 Å². The predicted octanol–water partition coefficient (Wildman–Crippen LogP) is 3.68. The normalized spacial score (nSPS) is 13.8.